The van der Waals surface area contributed by atoms with Gasteiger partial charge in [-0.1, -0.05) is 40.2 Å². The van der Waals surface area contributed by atoms with E-state index in [1.807, 2.05) is 12.1 Å². The molecule has 1 unspecified atom stereocenters. The first-order chi connectivity index (χ1) is 7.27. The van der Waals surface area contributed by atoms with Crippen LogP contribution in [-0.2, 0) is 0 Å². The van der Waals surface area contributed by atoms with E-state index in [1.54, 1.807) is 0 Å². The maximum atomic E-state index is 4.09. The normalized spacial score (nSPS) is 12.4. The maximum absolute atomic E-state index is 4.09. The molecule has 0 saturated carbocycles. The van der Waals surface area contributed by atoms with Crippen molar-refractivity contribution >= 4 is 15.9 Å². The maximum Gasteiger partial charge on any atom is 0.162 e. The average Bonchev–Trinajstić information content (AvgIpc) is 2.30. The van der Waals surface area contributed by atoms with Crippen LogP contribution in [0.3, 0.4) is 0 Å². The van der Waals surface area contributed by atoms with Gasteiger partial charge >= 0.3 is 0 Å². The van der Waals surface area contributed by atoms with E-state index < -0.39 is 0 Å². The average molecular weight is 264 g/mol. The summed E-state index contributed by atoms with van der Waals surface area (Å²) in [5, 5.41) is 0. The molecule has 0 saturated heterocycles. The molecule has 1 atom stereocenters. The number of rotatable bonds is 2. The van der Waals surface area contributed by atoms with Crippen molar-refractivity contribution in [1.29, 1.82) is 0 Å². The molecule has 15 heavy (non-hydrogen) atoms. The van der Waals surface area contributed by atoms with E-state index in [-0.39, 0.29) is 0 Å². The van der Waals surface area contributed by atoms with Gasteiger partial charge in [0.2, 0.25) is 0 Å². The van der Waals surface area contributed by atoms with Crippen molar-refractivity contribution in [3.8, 4) is 11.4 Å². The summed E-state index contributed by atoms with van der Waals surface area (Å²) in [5.74, 6) is 0.707. The predicted octanol–water partition coefficient (Wildman–Crippen LogP) is 2.99. The van der Waals surface area contributed by atoms with Gasteiger partial charge in [-0.05, 0) is 12.5 Å². The zero-order valence-corrected chi connectivity index (χ0v) is 9.85. The van der Waals surface area contributed by atoms with Crippen molar-refractivity contribution < 1.29 is 0 Å². The van der Waals surface area contributed by atoms with E-state index in [0.717, 1.165) is 5.56 Å². The number of halogens is 1. The van der Waals surface area contributed by atoms with Crippen LogP contribution >= 0.6 is 15.9 Å². The smallest absolute Gasteiger partial charge is 0.162 e. The monoisotopic (exact) mass is 263 g/mol. The molecule has 4 heteroatoms. The van der Waals surface area contributed by atoms with Crippen LogP contribution in [0.2, 0.25) is 0 Å². The lowest BCUT2D eigenvalue weighted by molar-refractivity contribution is 1.05. The summed E-state index contributed by atoms with van der Waals surface area (Å²) in [6.45, 7) is 2.10. The predicted molar refractivity (Wildman–Crippen MR) is 62.6 cm³/mol. The van der Waals surface area contributed by atoms with Gasteiger partial charge < -0.3 is 0 Å². The Morgan fingerprint density at radius 1 is 1.07 bits per heavy atom. The molecule has 2 aromatic rings. The zero-order chi connectivity index (χ0) is 10.7. The van der Waals surface area contributed by atoms with Gasteiger partial charge in [0.15, 0.2) is 5.82 Å². The van der Waals surface area contributed by atoms with Gasteiger partial charge in [0, 0.05) is 10.4 Å². The van der Waals surface area contributed by atoms with Crippen LogP contribution in [0.1, 0.15) is 17.3 Å². The quantitative estimate of drug-likeness (QED) is 0.782. The Morgan fingerprint density at radius 3 is 2.20 bits per heavy atom. The Kier molecular flexibility index (Phi) is 3.06. The Bertz CT molecular complexity index is 425. The molecule has 0 aliphatic carbocycles. The molecule has 0 radical (unpaired) electrons. The molecule has 0 N–H and O–H groups in total. The van der Waals surface area contributed by atoms with Gasteiger partial charge in [0.25, 0.3) is 0 Å². The third kappa shape index (κ3) is 2.39. The fraction of sp³-hybridized carbons (Fsp3) is 0.182. The first kappa shape index (κ1) is 10.2. The Labute approximate surface area is 96.7 Å². The molecule has 0 bridgehead atoms. The third-order valence-electron chi connectivity index (χ3n) is 2.12. The van der Waals surface area contributed by atoms with Gasteiger partial charge in [0.1, 0.15) is 12.7 Å². The number of nitrogens with zero attached hydrogens (tertiary/aromatic N) is 3. The topological polar surface area (TPSA) is 38.7 Å². The first-order valence-electron chi connectivity index (χ1n) is 4.64. The van der Waals surface area contributed by atoms with Gasteiger partial charge in [0.05, 0.1) is 0 Å². The first-order valence-corrected chi connectivity index (χ1v) is 5.55. The van der Waals surface area contributed by atoms with Crippen LogP contribution in [0, 0.1) is 0 Å². The van der Waals surface area contributed by atoms with E-state index in [2.05, 4.69) is 49.9 Å². The molecule has 0 aliphatic heterocycles. The van der Waals surface area contributed by atoms with Crippen LogP contribution in [0.25, 0.3) is 11.4 Å². The van der Waals surface area contributed by atoms with Crippen molar-refractivity contribution in [3.05, 3.63) is 42.5 Å². The highest BCUT2D eigenvalue weighted by molar-refractivity contribution is 9.09. The highest BCUT2D eigenvalue weighted by Crippen LogP contribution is 2.23. The summed E-state index contributed by atoms with van der Waals surface area (Å²) in [7, 11) is 0. The van der Waals surface area contributed by atoms with Crippen molar-refractivity contribution in [2.75, 3.05) is 0 Å². The van der Waals surface area contributed by atoms with Crippen LogP contribution < -0.4 is 0 Å². The van der Waals surface area contributed by atoms with E-state index in [9.17, 15) is 0 Å². The highest BCUT2D eigenvalue weighted by Gasteiger charge is 2.02. The standard InChI is InChI=1S/C11H10BrN3/c1-8(12)9-2-4-10(5-3-9)11-14-6-13-7-15-11/h2-8H,1H3. The highest BCUT2D eigenvalue weighted by atomic mass is 79.9. The molecule has 0 amide bonds. The van der Waals surface area contributed by atoms with Crippen molar-refractivity contribution in [2.24, 2.45) is 0 Å². The van der Waals surface area contributed by atoms with E-state index in [1.165, 1.54) is 18.2 Å². The Morgan fingerprint density at radius 2 is 1.67 bits per heavy atom. The minimum atomic E-state index is 0.366. The fourth-order valence-corrected chi connectivity index (χ4v) is 1.59. The number of alkyl halides is 1. The molecule has 1 aromatic carbocycles. The molecule has 76 valence electrons. The second-order valence-electron chi connectivity index (χ2n) is 3.20. The van der Waals surface area contributed by atoms with Crippen LogP contribution in [0.15, 0.2) is 36.9 Å². The number of hydrogen-bond acceptors (Lipinski definition) is 3. The molecule has 3 nitrogen and oxygen atoms in total. The van der Waals surface area contributed by atoms with Gasteiger partial charge in [-0.2, -0.15) is 0 Å². The molecular formula is C11H10BrN3. The van der Waals surface area contributed by atoms with E-state index >= 15 is 0 Å². The largest absolute Gasteiger partial charge is 0.225 e. The van der Waals surface area contributed by atoms with Crippen LogP contribution in [0.5, 0.6) is 0 Å². The van der Waals surface area contributed by atoms with Gasteiger partial charge in [-0.3, -0.25) is 0 Å². The van der Waals surface area contributed by atoms with Crippen molar-refractivity contribution in [3.63, 3.8) is 0 Å². The Balaban J connectivity index is 2.32. The van der Waals surface area contributed by atoms with Crippen LogP contribution in [0.4, 0.5) is 0 Å². The molecule has 0 aliphatic rings. The molecule has 1 heterocycles. The van der Waals surface area contributed by atoms with Crippen molar-refractivity contribution in [2.45, 2.75) is 11.8 Å². The van der Waals surface area contributed by atoms with Crippen molar-refractivity contribution in [1.82, 2.24) is 15.0 Å². The number of hydrogen-bond donors (Lipinski definition) is 0. The summed E-state index contributed by atoms with van der Waals surface area (Å²) in [6, 6.07) is 8.17. The molecule has 0 spiro atoms. The summed E-state index contributed by atoms with van der Waals surface area (Å²) >= 11 is 3.52. The molecular weight excluding hydrogens is 254 g/mol. The lowest BCUT2D eigenvalue weighted by Gasteiger charge is -2.04. The van der Waals surface area contributed by atoms with E-state index in [0.29, 0.717) is 10.7 Å². The molecule has 1 aromatic heterocycles. The lowest BCUT2D eigenvalue weighted by atomic mass is 10.1. The molecule has 0 fully saturated rings. The summed E-state index contributed by atoms with van der Waals surface area (Å²) in [6.07, 6.45) is 3.01. The fourth-order valence-electron chi connectivity index (χ4n) is 1.29. The minimum absolute atomic E-state index is 0.366. The van der Waals surface area contributed by atoms with Crippen LogP contribution in [-0.4, -0.2) is 15.0 Å². The van der Waals surface area contributed by atoms with Gasteiger partial charge in [-0.25, -0.2) is 15.0 Å². The summed E-state index contributed by atoms with van der Waals surface area (Å²) in [5.41, 5.74) is 2.25. The third-order valence-corrected chi connectivity index (χ3v) is 2.65. The zero-order valence-electron chi connectivity index (χ0n) is 8.26. The second-order valence-corrected chi connectivity index (χ2v) is 4.57. The molecule has 2 rings (SSSR count). The van der Waals surface area contributed by atoms with Gasteiger partial charge in [-0.15, -0.1) is 0 Å². The summed E-state index contributed by atoms with van der Waals surface area (Å²) in [4.78, 5) is 12.3. The minimum Gasteiger partial charge on any atom is -0.225 e. The number of aromatic nitrogens is 3. The Hall–Kier alpha value is -1.29. The summed E-state index contributed by atoms with van der Waals surface area (Å²) < 4.78 is 0. The number of benzene rings is 1. The second kappa shape index (κ2) is 4.49. The SMILES string of the molecule is CC(Br)c1ccc(-c2ncncn2)cc1. The lowest BCUT2D eigenvalue weighted by Crippen LogP contribution is -1.90. The van der Waals surface area contributed by atoms with E-state index in [4.69, 9.17) is 0 Å².